The van der Waals surface area contributed by atoms with Crippen molar-refractivity contribution in [3.8, 4) is 0 Å². The molecule has 0 bridgehead atoms. The van der Waals surface area contributed by atoms with Crippen molar-refractivity contribution >= 4 is 103 Å². The van der Waals surface area contributed by atoms with Gasteiger partial charge in [-0.05, 0) is 31.1 Å². The Bertz CT molecular complexity index is 675. The van der Waals surface area contributed by atoms with Crippen LogP contribution in [0.5, 0.6) is 0 Å². The number of rotatable bonds is 1. The van der Waals surface area contributed by atoms with Crippen molar-refractivity contribution in [2.45, 2.75) is 39.3 Å². The Balaban J connectivity index is 0.000000381. The molecule has 2 atom stereocenters. The Hall–Kier alpha value is 2.25. The van der Waals surface area contributed by atoms with Crippen LogP contribution in [0, 0.1) is 5.92 Å². The van der Waals surface area contributed by atoms with E-state index in [0.717, 1.165) is 5.69 Å². The molecule has 0 radical (unpaired) electrons. The fourth-order valence-electron chi connectivity index (χ4n) is 2.27. The van der Waals surface area contributed by atoms with Crippen LogP contribution in [-0.4, -0.2) is 25.4 Å². The molecule has 0 aliphatic carbocycles. The Labute approximate surface area is 182 Å². The number of hydrogen-bond acceptors (Lipinski definition) is 1. The molecule has 1 aromatic rings. The van der Waals surface area contributed by atoms with Gasteiger partial charge in [0, 0.05) is 11.9 Å². The van der Waals surface area contributed by atoms with E-state index in [2.05, 4.69) is 27.7 Å². The minimum atomic E-state index is -5.42. The maximum atomic E-state index is 6.25. The first-order valence-corrected chi connectivity index (χ1v) is 27.4. The van der Waals surface area contributed by atoms with E-state index < -0.39 is 9.14 Å². The third-order valence-corrected chi connectivity index (χ3v) is 4.59. The molecule has 0 N–H and O–H groups in total. The molecule has 1 heterocycles. The Kier molecular flexibility index (Phi) is 7.58. The second-order valence-electron chi connectivity index (χ2n) is 6.30. The van der Waals surface area contributed by atoms with Crippen molar-refractivity contribution < 1.29 is 4.70 Å². The van der Waals surface area contributed by atoms with Gasteiger partial charge in [-0.15, -0.1) is 0 Å². The van der Waals surface area contributed by atoms with E-state index in [-0.39, 0.29) is 11.6 Å². The maximum absolute atomic E-state index is 6.25. The van der Waals surface area contributed by atoms with Crippen LogP contribution in [0.4, 0.5) is 5.69 Å². The van der Waals surface area contributed by atoms with Gasteiger partial charge >= 0.3 is 62.1 Å². The van der Waals surface area contributed by atoms with Crippen LogP contribution in [0.2, 0.25) is 15.1 Å². The average molecular weight is 641 g/mol. The van der Waals surface area contributed by atoms with E-state index in [4.69, 9.17) is 92.9 Å². The first kappa shape index (κ1) is 25.3. The zero-order valence-corrected chi connectivity index (χ0v) is 22.9. The zero-order valence-electron chi connectivity index (χ0n) is 13.6. The molecule has 12 heteroatoms. The molecule has 0 fully saturated rings. The van der Waals surface area contributed by atoms with Crippen LogP contribution >= 0.6 is 87.8 Å². The monoisotopic (exact) mass is 636 g/mol. The van der Waals surface area contributed by atoms with Gasteiger partial charge in [0.25, 0.3) is 5.69 Å². The molecule has 1 aliphatic heterocycles. The van der Waals surface area contributed by atoms with Crippen molar-refractivity contribution in [1.29, 1.82) is 0 Å². The van der Waals surface area contributed by atoms with Crippen molar-refractivity contribution in [3.05, 3.63) is 27.2 Å². The van der Waals surface area contributed by atoms with Crippen molar-refractivity contribution in [2.24, 2.45) is 11.0 Å². The van der Waals surface area contributed by atoms with E-state index >= 15 is 0 Å². The van der Waals surface area contributed by atoms with Crippen molar-refractivity contribution in [1.82, 2.24) is 0 Å². The summed E-state index contributed by atoms with van der Waals surface area (Å²) in [5, 5.41) is 6.33. The quantitative estimate of drug-likeness (QED) is 0.215. The fraction of sp³-hybridized carbons (Fsp3) is 0.538. The summed E-state index contributed by atoms with van der Waals surface area (Å²) in [7, 11) is 25.0. The molecule has 0 saturated heterocycles. The van der Waals surface area contributed by atoms with Crippen molar-refractivity contribution in [2.75, 3.05) is 0 Å². The van der Waals surface area contributed by atoms with E-state index in [1.54, 1.807) is 12.1 Å². The SMILES string of the molecule is C[C@@H]1[C@@H](C)C(C)(C)N=[N+]1c1c(Cl)cc(Cl)cc1Cl.[Cl][Sb-]([Cl])([Cl])([Cl])([Cl])[Cl]. The number of azo groups is 2. The number of nitrogens with zero attached hydrogens (tertiary/aromatic N) is 2. The van der Waals surface area contributed by atoms with Crippen LogP contribution < -0.4 is 0 Å². The second-order valence-corrected chi connectivity index (χ2v) is 64.5. The molecular weight excluding hydrogens is 625 g/mol. The predicted molar refractivity (Wildman–Crippen MR) is 117 cm³/mol. The Morgan fingerprint density at radius 3 is 1.56 bits per heavy atom. The molecule has 0 spiro atoms. The second kappa shape index (κ2) is 7.50. The van der Waals surface area contributed by atoms with Gasteiger partial charge in [0.05, 0.1) is 5.92 Å². The summed E-state index contributed by atoms with van der Waals surface area (Å²) in [5.41, 5.74) is 0.624. The van der Waals surface area contributed by atoms with Gasteiger partial charge < -0.3 is 0 Å². The summed E-state index contributed by atoms with van der Waals surface area (Å²) in [5.74, 6) is 0.417. The topological polar surface area (TPSA) is 15.4 Å². The summed E-state index contributed by atoms with van der Waals surface area (Å²) in [6.07, 6.45) is 0. The van der Waals surface area contributed by atoms with Crippen LogP contribution in [-0.2, 0) is 0 Å². The molecule has 146 valence electrons. The van der Waals surface area contributed by atoms with Gasteiger partial charge in [-0.3, -0.25) is 0 Å². The Morgan fingerprint density at radius 1 is 0.920 bits per heavy atom. The third-order valence-electron chi connectivity index (χ3n) is 3.80. The van der Waals surface area contributed by atoms with E-state index in [1.807, 2.05) is 4.70 Å². The van der Waals surface area contributed by atoms with Gasteiger partial charge in [0.1, 0.15) is 15.6 Å². The fourth-order valence-corrected chi connectivity index (χ4v) is 3.26. The Morgan fingerprint density at radius 2 is 1.28 bits per heavy atom. The van der Waals surface area contributed by atoms with Crippen LogP contribution in [0.25, 0.3) is 0 Å². The van der Waals surface area contributed by atoms with Crippen LogP contribution in [0.15, 0.2) is 17.2 Å². The molecule has 1 aromatic carbocycles. The number of hydrogen-bond donors (Lipinski definition) is 0. The zero-order chi connectivity index (χ0) is 20.1. The molecule has 25 heavy (non-hydrogen) atoms. The summed E-state index contributed by atoms with van der Waals surface area (Å²) in [6, 6.07) is 3.64. The molecule has 0 unspecified atom stereocenters. The van der Waals surface area contributed by atoms with E-state index in [1.165, 1.54) is 0 Å². The summed E-state index contributed by atoms with van der Waals surface area (Å²) < 4.78 is 1.92. The number of halogens is 9. The first-order chi connectivity index (χ1) is 10.7. The minimum absolute atomic E-state index is 0.119. The summed E-state index contributed by atoms with van der Waals surface area (Å²) >= 11 is 18.4. The number of benzene rings is 1. The molecule has 1 aliphatic rings. The molecule has 2 rings (SSSR count). The van der Waals surface area contributed by atoms with Crippen molar-refractivity contribution in [3.63, 3.8) is 0 Å². The molecular formula is C13H16Cl9N2Sb. The normalized spacial score (nSPS) is 25.4. The van der Waals surface area contributed by atoms with Gasteiger partial charge in [-0.1, -0.05) is 46.4 Å². The average Bonchev–Trinajstić information content (AvgIpc) is 2.48. The predicted octanol–water partition coefficient (Wildman–Crippen LogP) is 9.32. The third kappa shape index (κ3) is 9.07. The van der Waals surface area contributed by atoms with Gasteiger partial charge in [0.2, 0.25) is 0 Å². The van der Waals surface area contributed by atoms with Crippen LogP contribution in [0.3, 0.4) is 0 Å². The van der Waals surface area contributed by atoms with Crippen LogP contribution in [0.1, 0.15) is 27.7 Å². The molecule has 2 nitrogen and oxygen atoms in total. The van der Waals surface area contributed by atoms with E-state index in [0.29, 0.717) is 21.0 Å². The summed E-state index contributed by atoms with van der Waals surface area (Å²) in [6.45, 7) is 8.55. The molecule has 0 aromatic heterocycles. The first-order valence-electron chi connectivity index (χ1n) is 6.92. The molecule has 0 amide bonds. The molecule has 0 saturated carbocycles. The van der Waals surface area contributed by atoms with Gasteiger partial charge in [0.15, 0.2) is 6.04 Å². The van der Waals surface area contributed by atoms with Gasteiger partial charge in [-0.25, -0.2) is 0 Å². The summed E-state index contributed by atoms with van der Waals surface area (Å²) in [4.78, 5) is 0. The van der Waals surface area contributed by atoms with E-state index in [9.17, 15) is 0 Å². The van der Waals surface area contributed by atoms with Gasteiger partial charge in [-0.2, -0.15) is 0 Å². The standard InChI is InChI=1S/C13H16Cl3N2.6ClH.Sb/c1-7-8(2)18(17-13(7,3)4)12-10(15)5-9(14)6-11(12)16;;;;;;;/h5-8H,1-4H3;6*1H;/q+1;;;;;;;+5/p-6/t7-,8-;;;;;;;/m1......./s1.